The maximum Gasteiger partial charge on any atom is 0.343 e. The molecule has 0 aliphatic carbocycles. The largest absolute Gasteiger partial charge is 0.462 e. The second-order valence-corrected chi connectivity index (χ2v) is 6.13. The van der Waals surface area contributed by atoms with E-state index in [1.54, 1.807) is 19.2 Å². The highest BCUT2D eigenvalue weighted by atomic mass is 16.5. The zero-order chi connectivity index (χ0) is 18.8. The first kappa shape index (κ1) is 17.7. The minimum Gasteiger partial charge on any atom is -0.462 e. The van der Waals surface area contributed by atoms with Crippen molar-refractivity contribution in [2.75, 3.05) is 6.61 Å². The van der Waals surface area contributed by atoms with Crippen LogP contribution in [-0.4, -0.2) is 21.7 Å². The van der Waals surface area contributed by atoms with Crippen molar-refractivity contribution in [1.82, 2.24) is 9.13 Å². The van der Waals surface area contributed by atoms with Gasteiger partial charge in [-0.2, -0.15) is 0 Å². The van der Waals surface area contributed by atoms with Gasteiger partial charge in [0.05, 0.1) is 23.2 Å². The van der Waals surface area contributed by atoms with Crippen LogP contribution in [0.15, 0.2) is 54.0 Å². The SMILES string of the molecule is C=CCn1c(C)c2c(=O)c(C(=O)OCC)cn(C)c2c1-c1ccccc1. The van der Waals surface area contributed by atoms with Crippen LogP contribution in [-0.2, 0) is 18.3 Å². The molecule has 0 saturated carbocycles. The summed E-state index contributed by atoms with van der Waals surface area (Å²) in [6.07, 6.45) is 3.36. The van der Waals surface area contributed by atoms with Crippen molar-refractivity contribution in [3.63, 3.8) is 0 Å². The zero-order valence-corrected chi connectivity index (χ0v) is 15.3. The number of carbonyl (C=O) groups is 1. The van der Waals surface area contributed by atoms with Crippen molar-refractivity contribution in [2.45, 2.75) is 20.4 Å². The summed E-state index contributed by atoms with van der Waals surface area (Å²) in [6.45, 7) is 8.25. The second kappa shape index (κ2) is 7.04. The molecule has 0 amide bonds. The smallest absolute Gasteiger partial charge is 0.343 e. The number of pyridine rings is 1. The average molecular weight is 350 g/mol. The molecule has 0 aliphatic rings. The van der Waals surface area contributed by atoms with Gasteiger partial charge in [-0.3, -0.25) is 4.79 Å². The Bertz CT molecular complexity index is 1040. The van der Waals surface area contributed by atoms with E-state index in [1.165, 1.54) is 0 Å². The van der Waals surface area contributed by atoms with Crippen LogP contribution in [0.1, 0.15) is 23.0 Å². The number of hydrogen-bond donors (Lipinski definition) is 0. The number of aromatic nitrogens is 2. The van der Waals surface area contributed by atoms with Gasteiger partial charge < -0.3 is 13.9 Å². The number of allylic oxidation sites excluding steroid dienone is 1. The monoisotopic (exact) mass is 350 g/mol. The molecule has 5 nitrogen and oxygen atoms in total. The lowest BCUT2D eigenvalue weighted by atomic mass is 10.1. The van der Waals surface area contributed by atoms with Crippen molar-refractivity contribution in [2.24, 2.45) is 7.05 Å². The van der Waals surface area contributed by atoms with Gasteiger partial charge in [0.15, 0.2) is 0 Å². The first-order chi connectivity index (χ1) is 12.5. The molecule has 0 aliphatic heterocycles. The summed E-state index contributed by atoms with van der Waals surface area (Å²) < 4.78 is 8.94. The molecule has 1 aromatic carbocycles. The summed E-state index contributed by atoms with van der Waals surface area (Å²) in [7, 11) is 1.84. The third-order valence-electron chi connectivity index (χ3n) is 4.50. The van der Waals surface area contributed by atoms with Crippen LogP contribution in [0.4, 0.5) is 0 Å². The maximum absolute atomic E-state index is 13.1. The molecule has 0 unspecified atom stereocenters. The van der Waals surface area contributed by atoms with Crippen LogP contribution < -0.4 is 5.43 Å². The molecular formula is C21H22N2O3. The number of carbonyl (C=O) groups excluding carboxylic acids is 1. The lowest BCUT2D eigenvalue weighted by Crippen LogP contribution is -2.20. The minimum absolute atomic E-state index is 0.0558. The molecule has 0 fully saturated rings. The standard InChI is InChI=1S/C21H22N2O3/c1-5-12-23-14(3)17-19(18(23)15-10-8-7-9-11-15)22(4)13-16(20(17)24)21(25)26-6-2/h5,7-11,13H,1,6,12H2,2-4H3. The molecule has 0 atom stereocenters. The van der Waals surface area contributed by atoms with E-state index in [0.717, 1.165) is 22.5 Å². The van der Waals surface area contributed by atoms with Gasteiger partial charge >= 0.3 is 5.97 Å². The zero-order valence-electron chi connectivity index (χ0n) is 15.3. The molecule has 134 valence electrons. The fourth-order valence-corrected chi connectivity index (χ4v) is 3.39. The van der Waals surface area contributed by atoms with Gasteiger partial charge in [-0.15, -0.1) is 6.58 Å². The second-order valence-electron chi connectivity index (χ2n) is 6.13. The highest BCUT2D eigenvalue weighted by Crippen LogP contribution is 2.32. The summed E-state index contributed by atoms with van der Waals surface area (Å²) in [6, 6.07) is 9.91. The molecule has 0 spiro atoms. The topological polar surface area (TPSA) is 53.2 Å². The first-order valence-corrected chi connectivity index (χ1v) is 8.57. The molecule has 0 saturated heterocycles. The molecule has 2 heterocycles. The number of esters is 1. The van der Waals surface area contributed by atoms with Crippen molar-refractivity contribution in [1.29, 1.82) is 0 Å². The molecule has 0 bridgehead atoms. The normalized spacial score (nSPS) is 10.9. The maximum atomic E-state index is 13.1. The van der Waals surface area contributed by atoms with Crippen LogP contribution in [0.2, 0.25) is 0 Å². The highest BCUT2D eigenvalue weighted by Gasteiger charge is 2.23. The van der Waals surface area contributed by atoms with E-state index in [4.69, 9.17) is 4.74 Å². The Morgan fingerprint density at radius 3 is 2.58 bits per heavy atom. The molecular weight excluding hydrogens is 328 g/mol. The Labute approximate surface area is 152 Å². The van der Waals surface area contributed by atoms with Gasteiger partial charge in [-0.05, 0) is 13.8 Å². The number of hydrogen-bond acceptors (Lipinski definition) is 3. The van der Waals surface area contributed by atoms with Gasteiger partial charge in [0.2, 0.25) is 5.43 Å². The van der Waals surface area contributed by atoms with Gasteiger partial charge in [0.25, 0.3) is 0 Å². The molecule has 3 rings (SSSR count). The van der Waals surface area contributed by atoms with Crippen LogP contribution in [0.3, 0.4) is 0 Å². The number of benzene rings is 1. The van der Waals surface area contributed by atoms with Crippen LogP contribution in [0.25, 0.3) is 22.2 Å². The van der Waals surface area contributed by atoms with E-state index < -0.39 is 5.97 Å². The van der Waals surface area contributed by atoms with Gasteiger partial charge in [-0.25, -0.2) is 4.79 Å². The summed E-state index contributed by atoms with van der Waals surface area (Å²) in [5, 5.41) is 0.541. The van der Waals surface area contributed by atoms with Crippen molar-refractivity contribution in [3.8, 4) is 11.3 Å². The lowest BCUT2D eigenvalue weighted by molar-refractivity contribution is 0.0524. The predicted octanol–water partition coefficient (Wildman–Crippen LogP) is 3.68. The molecule has 0 N–H and O–H groups in total. The van der Waals surface area contributed by atoms with Crippen molar-refractivity contribution in [3.05, 3.63) is 70.7 Å². The Morgan fingerprint density at radius 1 is 1.27 bits per heavy atom. The Hall–Kier alpha value is -3.08. The van der Waals surface area contributed by atoms with Gasteiger partial charge in [-0.1, -0.05) is 36.4 Å². The average Bonchev–Trinajstić information content (AvgIpc) is 2.93. The van der Waals surface area contributed by atoms with E-state index in [0.29, 0.717) is 11.9 Å². The van der Waals surface area contributed by atoms with E-state index in [1.807, 2.05) is 48.9 Å². The highest BCUT2D eigenvalue weighted by molar-refractivity contribution is 6.00. The Morgan fingerprint density at radius 2 is 1.96 bits per heavy atom. The van der Waals surface area contributed by atoms with E-state index >= 15 is 0 Å². The van der Waals surface area contributed by atoms with Crippen LogP contribution in [0.5, 0.6) is 0 Å². The molecule has 26 heavy (non-hydrogen) atoms. The summed E-state index contributed by atoms with van der Waals surface area (Å²) in [4.78, 5) is 25.3. The fraction of sp³-hybridized carbons (Fsp3) is 0.238. The predicted molar refractivity (Wildman–Crippen MR) is 104 cm³/mol. The quantitative estimate of drug-likeness (QED) is 0.521. The van der Waals surface area contributed by atoms with E-state index in [2.05, 4.69) is 11.1 Å². The number of rotatable bonds is 5. The van der Waals surface area contributed by atoms with Gasteiger partial charge in [0.1, 0.15) is 5.56 Å². The third-order valence-corrected chi connectivity index (χ3v) is 4.50. The number of aryl methyl sites for hydroxylation is 2. The molecule has 2 aromatic heterocycles. The van der Waals surface area contributed by atoms with Crippen molar-refractivity contribution >= 4 is 16.9 Å². The summed E-state index contributed by atoms with van der Waals surface area (Å²) >= 11 is 0. The number of fused-ring (bicyclic) bond motifs is 1. The van der Waals surface area contributed by atoms with Gasteiger partial charge in [0, 0.05) is 31.0 Å². The number of nitrogens with zero attached hydrogens (tertiary/aromatic N) is 2. The molecule has 5 heteroatoms. The fourth-order valence-electron chi connectivity index (χ4n) is 3.39. The number of ether oxygens (including phenoxy) is 1. The summed E-state index contributed by atoms with van der Waals surface area (Å²) in [5.41, 5.74) is 3.31. The Balaban J connectivity index is 2.43. The Kier molecular flexibility index (Phi) is 4.80. The summed E-state index contributed by atoms with van der Waals surface area (Å²) in [5.74, 6) is -0.591. The van der Waals surface area contributed by atoms with Crippen LogP contribution >= 0.6 is 0 Å². The first-order valence-electron chi connectivity index (χ1n) is 8.57. The van der Waals surface area contributed by atoms with Crippen molar-refractivity contribution < 1.29 is 9.53 Å². The third kappa shape index (κ3) is 2.75. The molecule has 3 aromatic rings. The van der Waals surface area contributed by atoms with Crippen LogP contribution in [0, 0.1) is 6.92 Å². The molecule has 0 radical (unpaired) electrons. The minimum atomic E-state index is -0.591. The van der Waals surface area contributed by atoms with E-state index in [-0.39, 0.29) is 17.6 Å². The van der Waals surface area contributed by atoms with E-state index in [9.17, 15) is 9.59 Å². The lowest BCUT2D eigenvalue weighted by Gasteiger charge is -2.11.